The number of nitrogens with zero attached hydrogens (tertiary/aromatic N) is 2. The number of aromatic nitrogens is 1. The van der Waals surface area contributed by atoms with Gasteiger partial charge in [-0.25, -0.2) is 9.78 Å². The van der Waals surface area contributed by atoms with Crippen molar-refractivity contribution in [3.05, 3.63) is 11.1 Å². The van der Waals surface area contributed by atoms with Gasteiger partial charge in [0.15, 0.2) is 5.13 Å². The van der Waals surface area contributed by atoms with Gasteiger partial charge < -0.3 is 14.9 Å². The number of methoxy groups -OCH3 is 1. The lowest BCUT2D eigenvalue weighted by molar-refractivity contribution is -0.132. The van der Waals surface area contributed by atoms with Crippen LogP contribution >= 0.6 is 11.3 Å². The fourth-order valence-electron chi connectivity index (χ4n) is 1.10. The molecule has 0 fully saturated rings. The van der Waals surface area contributed by atoms with Gasteiger partial charge in [-0.05, 0) is 0 Å². The Kier molecular flexibility index (Phi) is 5.20. The van der Waals surface area contributed by atoms with Crippen molar-refractivity contribution < 1.29 is 19.2 Å². The van der Waals surface area contributed by atoms with Gasteiger partial charge in [0.2, 0.25) is 11.6 Å². The number of nitrogens with one attached hydrogen (secondary N) is 1. The fraction of sp³-hybridized carbons (Fsp3) is 0.500. The molecule has 0 unspecified atom stereocenters. The summed E-state index contributed by atoms with van der Waals surface area (Å²) in [5.74, 6) is -0.826. The van der Waals surface area contributed by atoms with Gasteiger partial charge >= 0.3 is 5.97 Å². The Morgan fingerprint density at radius 3 is 2.50 bits per heavy atom. The van der Waals surface area contributed by atoms with E-state index < -0.39 is 11.4 Å². The van der Waals surface area contributed by atoms with Gasteiger partial charge in [-0.2, -0.15) is 0 Å². The van der Waals surface area contributed by atoms with Crippen molar-refractivity contribution in [1.82, 2.24) is 4.98 Å². The number of hydrogen-bond acceptors (Lipinski definition) is 7. The Morgan fingerprint density at radius 1 is 1.35 bits per heavy atom. The van der Waals surface area contributed by atoms with Crippen LogP contribution in [-0.2, 0) is 19.2 Å². The second-order valence-corrected chi connectivity index (χ2v) is 5.71. The third-order valence-electron chi connectivity index (χ3n) is 2.21. The number of hydrogen-bond donors (Lipinski definition) is 1. The van der Waals surface area contributed by atoms with E-state index in [1.807, 2.05) is 0 Å². The van der Waals surface area contributed by atoms with E-state index in [0.29, 0.717) is 5.13 Å². The molecule has 20 heavy (non-hydrogen) atoms. The normalized spacial score (nSPS) is 11.9. The maximum absolute atomic E-state index is 11.8. The molecular weight excluding hydrogens is 282 g/mol. The monoisotopic (exact) mass is 299 g/mol. The molecule has 7 nitrogen and oxygen atoms in total. The summed E-state index contributed by atoms with van der Waals surface area (Å²) in [5.41, 5.74) is -0.298. The predicted molar refractivity (Wildman–Crippen MR) is 75.8 cm³/mol. The smallest absolute Gasteiger partial charge is 0.362 e. The van der Waals surface area contributed by atoms with Crippen molar-refractivity contribution >= 4 is 34.1 Å². The number of thiazole rings is 1. The average Bonchev–Trinajstić information content (AvgIpc) is 2.82. The highest BCUT2D eigenvalue weighted by Crippen LogP contribution is 2.21. The molecule has 1 heterocycles. The van der Waals surface area contributed by atoms with Crippen LogP contribution in [0.1, 0.15) is 26.5 Å². The third kappa shape index (κ3) is 4.02. The molecule has 1 amide bonds. The zero-order chi connectivity index (χ0) is 15.3. The Bertz CT molecular complexity index is 531. The molecule has 0 saturated carbocycles. The van der Waals surface area contributed by atoms with Crippen molar-refractivity contribution in [2.24, 2.45) is 10.6 Å². The number of carbonyl (C=O) groups excluding carboxylic acids is 2. The van der Waals surface area contributed by atoms with Crippen LogP contribution in [0.4, 0.5) is 5.13 Å². The Morgan fingerprint density at radius 2 is 2.00 bits per heavy atom. The second kappa shape index (κ2) is 6.47. The van der Waals surface area contributed by atoms with E-state index >= 15 is 0 Å². The molecule has 0 radical (unpaired) electrons. The first-order valence-electron chi connectivity index (χ1n) is 5.76. The molecule has 0 saturated heterocycles. The second-order valence-electron chi connectivity index (χ2n) is 4.86. The van der Waals surface area contributed by atoms with Crippen molar-refractivity contribution in [3.63, 3.8) is 0 Å². The van der Waals surface area contributed by atoms with Crippen molar-refractivity contribution in [3.8, 4) is 0 Å². The summed E-state index contributed by atoms with van der Waals surface area (Å²) >= 11 is 1.19. The van der Waals surface area contributed by atoms with E-state index in [0.717, 1.165) is 0 Å². The minimum absolute atomic E-state index is 0.0532. The fourth-order valence-corrected chi connectivity index (χ4v) is 1.79. The van der Waals surface area contributed by atoms with Crippen LogP contribution < -0.4 is 5.32 Å². The van der Waals surface area contributed by atoms with E-state index in [2.05, 4.69) is 25.0 Å². The largest absolute Gasteiger partial charge is 0.464 e. The molecule has 110 valence electrons. The highest BCUT2D eigenvalue weighted by Gasteiger charge is 2.24. The molecule has 0 aliphatic carbocycles. The Labute approximate surface area is 121 Å². The van der Waals surface area contributed by atoms with Crippen LogP contribution in [0.5, 0.6) is 0 Å². The van der Waals surface area contributed by atoms with E-state index in [1.165, 1.54) is 25.6 Å². The number of amides is 1. The van der Waals surface area contributed by atoms with E-state index in [9.17, 15) is 9.59 Å². The Hall–Kier alpha value is -1.96. The molecule has 1 aromatic heterocycles. The molecule has 8 heteroatoms. The van der Waals surface area contributed by atoms with Crippen LogP contribution in [0.3, 0.4) is 0 Å². The number of carbonyl (C=O) groups is 2. The SMILES string of the molecule is CON=C(C(=O)OC)c1csc(NC(=O)C(C)(C)C)n1. The molecule has 0 aromatic carbocycles. The molecule has 1 N–H and O–H groups in total. The third-order valence-corrected chi connectivity index (χ3v) is 2.97. The zero-order valence-electron chi connectivity index (χ0n) is 12.0. The highest BCUT2D eigenvalue weighted by molar-refractivity contribution is 7.14. The summed E-state index contributed by atoms with van der Waals surface area (Å²) < 4.78 is 4.59. The van der Waals surface area contributed by atoms with Gasteiger partial charge in [0.25, 0.3) is 0 Å². The van der Waals surface area contributed by atoms with Gasteiger partial charge in [0.1, 0.15) is 12.8 Å². The number of rotatable bonds is 4. The maximum atomic E-state index is 11.8. The summed E-state index contributed by atoms with van der Waals surface area (Å²) in [6.45, 7) is 5.38. The lowest BCUT2D eigenvalue weighted by Gasteiger charge is -2.15. The predicted octanol–water partition coefficient (Wildman–Crippen LogP) is 1.65. The first-order chi connectivity index (χ1) is 9.29. The van der Waals surface area contributed by atoms with E-state index in [1.54, 1.807) is 26.2 Å². The number of anilines is 1. The Balaban J connectivity index is 2.94. The minimum Gasteiger partial charge on any atom is -0.464 e. The van der Waals surface area contributed by atoms with Crippen molar-refractivity contribution in [2.75, 3.05) is 19.5 Å². The average molecular weight is 299 g/mol. The zero-order valence-corrected chi connectivity index (χ0v) is 12.8. The first kappa shape index (κ1) is 16.1. The standard InChI is InChI=1S/C12H17N3O4S/c1-12(2,3)10(17)14-11-13-7(6-20-11)8(15-19-5)9(16)18-4/h6H,1-5H3,(H,13,14,17). The lowest BCUT2D eigenvalue weighted by Crippen LogP contribution is -2.27. The lowest BCUT2D eigenvalue weighted by atomic mass is 9.96. The number of esters is 1. The van der Waals surface area contributed by atoms with Crippen LogP contribution in [0, 0.1) is 5.41 Å². The van der Waals surface area contributed by atoms with Gasteiger partial charge in [-0.3, -0.25) is 4.79 Å². The topological polar surface area (TPSA) is 89.9 Å². The molecule has 1 aromatic rings. The summed E-state index contributed by atoms with van der Waals surface area (Å²) in [5, 5.41) is 8.23. The molecule has 1 rings (SSSR count). The summed E-state index contributed by atoms with van der Waals surface area (Å²) in [7, 11) is 2.56. The van der Waals surface area contributed by atoms with Gasteiger partial charge in [0, 0.05) is 10.8 Å². The summed E-state index contributed by atoms with van der Waals surface area (Å²) in [6.07, 6.45) is 0. The molecule has 0 aliphatic rings. The maximum Gasteiger partial charge on any atom is 0.362 e. The van der Waals surface area contributed by atoms with Gasteiger partial charge in [0.05, 0.1) is 7.11 Å². The van der Waals surface area contributed by atoms with E-state index in [4.69, 9.17) is 0 Å². The van der Waals surface area contributed by atoms with Gasteiger partial charge in [-0.15, -0.1) is 11.3 Å². The highest BCUT2D eigenvalue weighted by atomic mass is 32.1. The summed E-state index contributed by atoms with van der Waals surface area (Å²) in [6, 6.07) is 0. The molecule has 0 bridgehead atoms. The van der Waals surface area contributed by atoms with Crippen molar-refractivity contribution in [1.29, 1.82) is 0 Å². The summed E-state index contributed by atoms with van der Waals surface area (Å²) in [4.78, 5) is 32.1. The molecule has 0 spiro atoms. The molecule has 0 atom stereocenters. The van der Waals surface area contributed by atoms with Crippen LogP contribution in [0.2, 0.25) is 0 Å². The number of ether oxygens (including phenoxy) is 1. The van der Waals surface area contributed by atoms with Gasteiger partial charge in [-0.1, -0.05) is 25.9 Å². The number of oxime groups is 1. The van der Waals surface area contributed by atoms with Crippen LogP contribution in [0.25, 0.3) is 0 Å². The molecular formula is C12H17N3O4S. The van der Waals surface area contributed by atoms with E-state index in [-0.39, 0.29) is 17.3 Å². The minimum atomic E-state index is -0.661. The first-order valence-corrected chi connectivity index (χ1v) is 6.64. The van der Waals surface area contributed by atoms with Crippen LogP contribution in [0.15, 0.2) is 10.5 Å². The molecule has 0 aliphatic heterocycles. The van der Waals surface area contributed by atoms with Crippen molar-refractivity contribution in [2.45, 2.75) is 20.8 Å². The quantitative estimate of drug-likeness (QED) is 0.518. The van der Waals surface area contributed by atoms with Crippen LogP contribution in [-0.4, -0.2) is 36.8 Å².